The smallest absolute Gasteiger partial charge is 0.286 e. The van der Waals surface area contributed by atoms with E-state index in [4.69, 9.17) is 13.6 Å². The summed E-state index contributed by atoms with van der Waals surface area (Å²) in [5.74, 6) is 2.12. The molecule has 3 aromatic heterocycles. The van der Waals surface area contributed by atoms with E-state index >= 15 is 0 Å². The molecule has 1 atom stereocenters. The molecule has 1 N–H and O–H groups in total. The second kappa shape index (κ2) is 7.17. The second-order valence-corrected chi connectivity index (χ2v) is 6.20. The summed E-state index contributed by atoms with van der Waals surface area (Å²) in [5.41, 5.74) is 0.644. The molecule has 0 spiro atoms. The number of hydrogen-bond donors (Lipinski definition) is 1. The Labute approximate surface area is 150 Å². The fourth-order valence-corrected chi connectivity index (χ4v) is 2.99. The van der Waals surface area contributed by atoms with Crippen molar-refractivity contribution in [2.24, 2.45) is 0 Å². The Morgan fingerprint density at radius 2 is 2.19 bits per heavy atom. The van der Waals surface area contributed by atoms with Gasteiger partial charge in [0.15, 0.2) is 11.5 Å². The predicted octanol–water partition coefficient (Wildman–Crippen LogP) is 2.78. The first-order valence-corrected chi connectivity index (χ1v) is 8.65. The van der Waals surface area contributed by atoms with Gasteiger partial charge in [0.2, 0.25) is 0 Å². The van der Waals surface area contributed by atoms with Crippen LogP contribution in [0.15, 0.2) is 39.3 Å². The lowest BCUT2D eigenvalue weighted by molar-refractivity contribution is 0.00220. The van der Waals surface area contributed by atoms with Crippen LogP contribution < -0.4 is 5.32 Å². The summed E-state index contributed by atoms with van der Waals surface area (Å²) in [6.45, 7) is 1.15. The number of nitrogens with zero attached hydrogens (tertiary/aromatic N) is 3. The third-order valence-electron chi connectivity index (χ3n) is 4.35. The van der Waals surface area contributed by atoms with Crippen molar-refractivity contribution < 1.29 is 18.4 Å². The molecule has 26 heavy (non-hydrogen) atoms. The Bertz CT molecular complexity index is 889. The van der Waals surface area contributed by atoms with Gasteiger partial charge in [-0.1, -0.05) is 5.21 Å². The van der Waals surface area contributed by atoms with E-state index in [1.54, 1.807) is 30.1 Å². The number of rotatable bonds is 5. The van der Waals surface area contributed by atoms with Crippen LogP contribution >= 0.6 is 0 Å². The van der Waals surface area contributed by atoms with Crippen LogP contribution in [0, 0.1) is 0 Å². The molecule has 1 aliphatic rings. The fraction of sp³-hybridized carbons (Fsp3) is 0.389. The van der Waals surface area contributed by atoms with E-state index in [2.05, 4.69) is 15.6 Å². The van der Waals surface area contributed by atoms with Crippen molar-refractivity contribution in [3.8, 4) is 11.5 Å². The van der Waals surface area contributed by atoms with Gasteiger partial charge in [-0.05, 0) is 43.5 Å². The molecule has 0 aliphatic carbocycles. The molecule has 1 amide bonds. The zero-order valence-corrected chi connectivity index (χ0v) is 14.5. The normalized spacial score (nSPS) is 17.3. The molecule has 1 aliphatic heterocycles. The maximum atomic E-state index is 11.5. The summed E-state index contributed by atoms with van der Waals surface area (Å²) < 4.78 is 18.8. The monoisotopic (exact) mass is 356 g/mol. The Morgan fingerprint density at radius 3 is 3.00 bits per heavy atom. The average Bonchev–Trinajstić information content (AvgIpc) is 3.42. The number of hydrogen-bond acceptors (Lipinski definition) is 6. The van der Waals surface area contributed by atoms with E-state index in [0.717, 1.165) is 31.6 Å². The molecule has 1 saturated heterocycles. The first kappa shape index (κ1) is 16.6. The quantitative estimate of drug-likeness (QED) is 0.755. The molecule has 3 aromatic rings. The molecule has 1 fully saturated rings. The van der Waals surface area contributed by atoms with E-state index in [1.165, 1.54) is 0 Å². The van der Waals surface area contributed by atoms with Crippen LogP contribution in [-0.4, -0.2) is 34.6 Å². The molecular weight excluding hydrogens is 336 g/mol. The Hall–Kier alpha value is -2.87. The number of carbonyl (C=O) groups excluding carboxylic acids is 1. The van der Waals surface area contributed by atoms with Gasteiger partial charge in [0, 0.05) is 13.7 Å². The molecule has 0 aromatic carbocycles. The zero-order valence-electron chi connectivity index (χ0n) is 14.5. The highest BCUT2D eigenvalue weighted by molar-refractivity contribution is 5.91. The highest BCUT2D eigenvalue weighted by Gasteiger charge is 2.20. The van der Waals surface area contributed by atoms with Crippen LogP contribution in [0.25, 0.3) is 11.5 Å². The zero-order chi connectivity index (χ0) is 17.9. The maximum absolute atomic E-state index is 11.5. The standard InChI is InChI=1S/C18H20N4O4/c1-19-18(23)17-6-5-12(25-17)10-22-11-13(20-21-22)14-7-8-16(26-14)15-4-2-3-9-24-15/h5-8,11,15H,2-4,9-10H2,1H3,(H,19,23). The summed E-state index contributed by atoms with van der Waals surface area (Å²) in [6, 6.07) is 7.21. The molecule has 1 unspecified atom stereocenters. The fourth-order valence-electron chi connectivity index (χ4n) is 2.99. The first-order valence-electron chi connectivity index (χ1n) is 8.65. The van der Waals surface area contributed by atoms with Crippen molar-refractivity contribution in [1.29, 1.82) is 0 Å². The SMILES string of the molecule is CNC(=O)c1ccc(Cn2cc(-c3ccc(C4CCCCO4)o3)nn2)o1. The summed E-state index contributed by atoms with van der Waals surface area (Å²) in [5, 5.41) is 10.8. The minimum atomic E-state index is -0.261. The minimum Gasteiger partial charge on any atom is -0.457 e. The molecule has 0 bridgehead atoms. The van der Waals surface area contributed by atoms with Gasteiger partial charge >= 0.3 is 0 Å². The molecular formula is C18H20N4O4. The predicted molar refractivity (Wildman–Crippen MR) is 91.5 cm³/mol. The lowest BCUT2D eigenvalue weighted by Gasteiger charge is -2.20. The first-order chi connectivity index (χ1) is 12.7. The van der Waals surface area contributed by atoms with Crippen LogP contribution in [0.5, 0.6) is 0 Å². The van der Waals surface area contributed by atoms with Gasteiger partial charge in [0.1, 0.15) is 29.9 Å². The number of carbonyl (C=O) groups is 1. The number of furan rings is 2. The van der Waals surface area contributed by atoms with Gasteiger partial charge in [-0.15, -0.1) is 5.10 Å². The van der Waals surface area contributed by atoms with Gasteiger partial charge < -0.3 is 18.9 Å². The third-order valence-corrected chi connectivity index (χ3v) is 4.35. The van der Waals surface area contributed by atoms with Crippen molar-refractivity contribution in [2.45, 2.75) is 31.9 Å². The molecule has 8 heteroatoms. The van der Waals surface area contributed by atoms with Gasteiger partial charge in [0.05, 0.1) is 6.20 Å². The van der Waals surface area contributed by atoms with Crippen molar-refractivity contribution >= 4 is 5.91 Å². The van der Waals surface area contributed by atoms with Crippen LogP contribution in [0.4, 0.5) is 0 Å². The minimum absolute atomic E-state index is 0.0267. The van der Waals surface area contributed by atoms with Gasteiger partial charge in [-0.3, -0.25) is 4.79 Å². The molecule has 136 valence electrons. The average molecular weight is 356 g/mol. The summed E-state index contributed by atoms with van der Waals surface area (Å²) >= 11 is 0. The van der Waals surface area contributed by atoms with Crippen LogP contribution in [0.3, 0.4) is 0 Å². The van der Waals surface area contributed by atoms with Gasteiger partial charge in [-0.2, -0.15) is 0 Å². The summed E-state index contributed by atoms with van der Waals surface area (Å²) in [7, 11) is 1.56. The van der Waals surface area contributed by atoms with E-state index in [0.29, 0.717) is 23.8 Å². The highest BCUT2D eigenvalue weighted by Crippen LogP contribution is 2.31. The number of ether oxygens (including phenoxy) is 1. The van der Waals surface area contributed by atoms with Crippen molar-refractivity contribution in [3.63, 3.8) is 0 Å². The molecule has 0 saturated carbocycles. The number of aromatic nitrogens is 3. The van der Waals surface area contributed by atoms with Gasteiger partial charge in [0.25, 0.3) is 5.91 Å². The maximum Gasteiger partial charge on any atom is 0.286 e. The van der Waals surface area contributed by atoms with Crippen molar-refractivity contribution in [1.82, 2.24) is 20.3 Å². The second-order valence-electron chi connectivity index (χ2n) is 6.20. The molecule has 8 nitrogen and oxygen atoms in total. The lowest BCUT2D eigenvalue weighted by Crippen LogP contribution is -2.16. The number of amides is 1. The van der Waals surface area contributed by atoms with E-state index < -0.39 is 0 Å². The topological polar surface area (TPSA) is 95.3 Å². The highest BCUT2D eigenvalue weighted by atomic mass is 16.5. The number of nitrogens with one attached hydrogen (secondary N) is 1. The van der Waals surface area contributed by atoms with Crippen molar-refractivity contribution in [3.05, 3.63) is 47.7 Å². The van der Waals surface area contributed by atoms with Crippen LogP contribution in [-0.2, 0) is 11.3 Å². The molecule has 0 radical (unpaired) electrons. The Morgan fingerprint density at radius 1 is 1.27 bits per heavy atom. The molecule has 4 rings (SSSR count). The van der Waals surface area contributed by atoms with Crippen LogP contribution in [0.2, 0.25) is 0 Å². The summed E-state index contributed by atoms with van der Waals surface area (Å²) in [6.07, 6.45) is 5.04. The van der Waals surface area contributed by atoms with E-state index in [9.17, 15) is 4.79 Å². The summed E-state index contributed by atoms with van der Waals surface area (Å²) in [4.78, 5) is 11.5. The van der Waals surface area contributed by atoms with E-state index in [-0.39, 0.29) is 17.8 Å². The molecule has 4 heterocycles. The largest absolute Gasteiger partial charge is 0.457 e. The van der Waals surface area contributed by atoms with E-state index in [1.807, 2.05) is 12.1 Å². The van der Waals surface area contributed by atoms with Crippen LogP contribution in [0.1, 0.15) is 47.4 Å². The third kappa shape index (κ3) is 3.41. The lowest BCUT2D eigenvalue weighted by atomic mass is 10.1. The Balaban J connectivity index is 1.45. The van der Waals surface area contributed by atoms with Gasteiger partial charge in [-0.25, -0.2) is 4.68 Å². The Kier molecular flexibility index (Phi) is 4.57. The van der Waals surface area contributed by atoms with Crippen molar-refractivity contribution in [2.75, 3.05) is 13.7 Å².